The highest BCUT2D eigenvalue weighted by molar-refractivity contribution is 6.19. The second kappa shape index (κ2) is 13.0. The Labute approximate surface area is 308 Å². The van der Waals surface area contributed by atoms with Crippen LogP contribution in [0.2, 0.25) is 0 Å². The highest BCUT2D eigenvalue weighted by atomic mass is 15.0. The Balaban J connectivity index is 1.30. The summed E-state index contributed by atoms with van der Waals surface area (Å²) in [5, 5.41) is 6.96. The fraction of sp³-hybridized carbons (Fsp3) is 0.0200. The fourth-order valence-electron chi connectivity index (χ4n) is 7.75. The Morgan fingerprint density at radius 1 is 0.358 bits per heavy atom. The summed E-state index contributed by atoms with van der Waals surface area (Å²) < 4.78 is 0. The zero-order chi connectivity index (χ0) is 35.1. The number of rotatable bonds is 5. The minimum Gasteiger partial charge on any atom is -0.208 e. The van der Waals surface area contributed by atoms with Gasteiger partial charge in [-0.1, -0.05) is 182 Å². The van der Waals surface area contributed by atoms with E-state index in [0.717, 1.165) is 67.1 Å². The molecule has 1 aliphatic rings. The number of fused-ring (bicyclic) bond motifs is 5. The van der Waals surface area contributed by atoms with E-state index in [2.05, 4.69) is 182 Å². The van der Waals surface area contributed by atoms with Gasteiger partial charge < -0.3 is 0 Å². The van der Waals surface area contributed by atoms with E-state index < -0.39 is 0 Å². The van der Waals surface area contributed by atoms with Crippen LogP contribution in [0, 0.1) is 0 Å². The average Bonchev–Trinajstić information content (AvgIpc) is 3.49. The molecule has 53 heavy (non-hydrogen) atoms. The summed E-state index contributed by atoms with van der Waals surface area (Å²) in [6, 6.07) is 58.0. The van der Waals surface area contributed by atoms with E-state index in [0.29, 0.717) is 17.5 Å². The van der Waals surface area contributed by atoms with Gasteiger partial charge in [0.15, 0.2) is 17.5 Å². The molecule has 1 aliphatic carbocycles. The smallest absolute Gasteiger partial charge is 0.165 e. The molecule has 0 atom stereocenters. The first-order chi connectivity index (χ1) is 26.3. The molecular weight excluding hydrogens is 643 g/mol. The van der Waals surface area contributed by atoms with Crippen molar-refractivity contribution in [1.29, 1.82) is 0 Å². The van der Waals surface area contributed by atoms with Crippen molar-refractivity contribution in [2.24, 2.45) is 0 Å². The fourth-order valence-corrected chi connectivity index (χ4v) is 7.75. The zero-order valence-corrected chi connectivity index (χ0v) is 28.9. The largest absolute Gasteiger partial charge is 0.208 e. The van der Waals surface area contributed by atoms with E-state index in [4.69, 9.17) is 15.0 Å². The second-order valence-electron chi connectivity index (χ2n) is 13.5. The van der Waals surface area contributed by atoms with Gasteiger partial charge in [0.1, 0.15) is 0 Å². The summed E-state index contributed by atoms with van der Waals surface area (Å²) in [5.41, 5.74) is 9.71. The molecule has 0 aliphatic heterocycles. The first-order valence-corrected chi connectivity index (χ1v) is 18.1. The van der Waals surface area contributed by atoms with Gasteiger partial charge in [-0.15, -0.1) is 0 Å². The molecular formula is C50H33N3. The van der Waals surface area contributed by atoms with Crippen molar-refractivity contribution < 1.29 is 0 Å². The van der Waals surface area contributed by atoms with Crippen LogP contribution in [0.1, 0.15) is 17.5 Å². The van der Waals surface area contributed by atoms with Crippen molar-refractivity contribution in [1.82, 2.24) is 15.0 Å². The summed E-state index contributed by atoms with van der Waals surface area (Å²) in [5.74, 6) is 1.94. The number of aromatic nitrogens is 3. The Morgan fingerprint density at radius 3 is 1.75 bits per heavy atom. The maximum absolute atomic E-state index is 5.49. The molecule has 3 heteroatoms. The summed E-state index contributed by atoms with van der Waals surface area (Å²) in [6.45, 7) is 0. The van der Waals surface area contributed by atoms with Crippen molar-refractivity contribution in [3.05, 3.63) is 187 Å². The van der Waals surface area contributed by atoms with Crippen LogP contribution < -0.4 is 0 Å². The van der Waals surface area contributed by atoms with Gasteiger partial charge in [0.05, 0.1) is 0 Å². The van der Waals surface area contributed by atoms with Gasteiger partial charge in [0, 0.05) is 16.7 Å². The van der Waals surface area contributed by atoms with Crippen LogP contribution in [0.4, 0.5) is 0 Å². The molecule has 0 N–H and O–H groups in total. The van der Waals surface area contributed by atoms with Crippen LogP contribution in [-0.4, -0.2) is 15.0 Å². The van der Waals surface area contributed by atoms with Crippen LogP contribution in [0.15, 0.2) is 176 Å². The summed E-state index contributed by atoms with van der Waals surface area (Å²) in [6.07, 6.45) is 9.73. The Hall–Kier alpha value is -6.97. The number of allylic oxidation sites excluding steroid dienone is 2. The molecule has 0 saturated carbocycles. The molecule has 0 bridgehead atoms. The molecule has 1 aromatic heterocycles. The van der Waals surface area contributed by atoms with Gasteiger partial charge in [-0.05, 0) is 78.2 Å². The molecule has 10 rings (SSSR count). The van der Waals surface area contributed by atoms with Crippen molar-refractivity contribution in [3.8, 4) is 56.4 Å². The lowest BCUT2D eigenvalue weighted by molar-refractivity contribution is 1.08. The Kier molecular flexibility index (Phi) is 7.54. The average molecular weight is 676 g/mol. The van der Waals surface area contributed by atoms with Gasteiger partial charge in [0.25, 0.3) is 0 Å². The molecule has 0 fully saturated rings. The first kappa shape index (κ1) is 30.8. The monoisotopic (exact) mass is 675 g/mol. The maximum atomic E-state index is 5.49. The molecule has 0 unspecified atom stereocenters. The topological polar surface area (TPSA) is 38.7 Å². The van der Waals surface area contributed by atoms with Gasteiger partial charge in [0.2, 0.25) is 0 Å². The van der Waals surface area contributed by atoms with Crippen LogP contribution >= 0.6 is 0 Å². The van der Waals surface area contributed by atoms with Crippen molar-refractivity contribution in [2.75, 3.05) is 0 Å². The molecule has 9 aromatic rings. The zero-order valence-electron chi connectivity index (χ0n) is 28.9. The summed E-state index contributed by atoms with van der Waals surface area (Å²) >= 11 is 0. The highest BCUT2D eigenvalue weighted by Crippen LogP contribution is 2.42. The predicted octanol–water partition coefficient (Wildman–Crippen LogP) is 13.1. The molecule has 0 amide bonds. The lowest BCUT2D eigenvalue weighted by Crippen LogP contribution is -2.04. The van der Waals surface area contributed by atoms with Crippen molar-refractivity contribution in [3.63, 3.8) is 0 Å². The van der Waals surface area contributed by atoms with Crippen molar-refractivity contribution >= 4 is 44.5 Å². The second-order valence-corrected chi connectivity index (χ2v) is 13.5. The molecule has 0 spiro atoms. The third-order valence-corrected chi connectivity index (χ3v) is 10.3. The first-order valence-electron chi connectivity index (χ1n) is 18.1. The molecule has 8 aromatic carbocycles. The van der Waals surface area contributed by atoms with E-state index in [1.807, 2.05) is 6.07 Å². The lowest BCUT2D eigenvalue weighted by Gasteiger charge is -2.18. The number of nitrogens with zero attached hydrogens (tertiary/aromatic N) is 3. The number of hydrogen-bond donors (Lipinski definition) is 0. The lowest BCUT2D eigenvalue weighted by atomic mass is 9.90. The Morgan fingerprint density at radius 2 is 0.962 bits per heavy atom. The third-order valence-electron chi connectivity index (χ3n) is 10.3. The van der Waals surface area contributed by atoms with Gasteiger partial charge in [-0.3, -0.25) is 0 Å². The van der Waals surface area contributed by atoms with Crippen molar-refractivity contribution in [2.45, 2.75) is 6.42 Å². The summed E-state index contributed by atoms with van der Waals surface area (Å²) in [4.78, 5) is 16.2. The van der Waals surface area contributed by atoms with Crippen LogP contribution in [0.25, 0.3) is 101 Å². The van der Waals surface area contributed by atoms with Crippen LogP contribution in [-0.2, 0) is 0 Å². The van der Waals surface area contributed by atoms with E-state index in [1.165, 1.54) is 21.7 Å². The normalized spacial score (nSPS) is 12.3. The molecule has 0 radical (unpaired) electrons. The van der Waals surface area contributed by atoms with Crippen LogP contribution in [0.3, 0.4) is 0 Å². The molecule has 0 saturated heterocycles. The SMILES string of the molecule is C1=Cc2ccc(-c3ccccc3)c(-c3nc(-c4ccc(-c5ccccc5)cc4)nc(-c4c5ccccc5cc5c4ccc4ccccc45)n3)c2C=CC1. The molecule has 3 nitrogen and oxygen atoms in total. The van der Waals surface area contributed by atoms with Gasteiger partial charge >= 0.3 is 0 Å². The van der Waals surface area contributed by atoms with E-state index in [9.17, 15) is 0 Å². The van der Waals surface area contributed by atoms with Gasteiger partial charge in [-0.2, -0.15) is 0 Å². The molecule has 1 heterocycles. The minimum absolute atomic E-state index is 0.635. The summed E-state index contributed by atoms with van der Waals surface area (Å²) in [7, 11) is 0. The van der Waals surface area contributed by atoms with E-state index in [-0.39, 0.29) is 0 Å². The standard InChI is InChI=1S/C50H33N3/c1-4-14-33(15-5-1)34-24-26-38(27-25-34)48-51-49(46-41-22-9-3-8-18-37(41)28-30-43(46)35-16-6-2-7-17-35)53-50(52-48)47-42-23-13-11-20-39(42)32-45-40-21-12-10-19-36(40)29-31-44(45)47/h1-2,4-32H,3H2. The highest BCUT2D eigenvalue weighted by Gasteiger charge is 2.22. The Bertz CT molecular complexity index is 2890. The van der Waals surface area contributed by atoms with E-state index in [1.54, 1.807) is 0 Å². The number of hydrogen-bond acceptors (Lipinski definition) is 3. The predicted molar refractivity (Wildman–Crippen MR) is 222 cm³/mol. The third kappa shape index (κ3) is 5.51. The number of benzene rings is 8. The van der Waals surface area contributed by atoms with Crippen LogP contribution in [0.5, 0.6) is 0 Å². The minimum atomic E-state index is 0.635. The van der Waals surface area contributed by atoms with Gasteiger partial charge in [-0.25, -0.2) is 15.0 Å². The quantitative estimate of drug-likeness (QED) is 0.135. The van der Waals surface area contributed by atoms with E-state index >= 15 is 0 Å². The maximum Gasteiger partial charge on any atom is 0.165 e. The molecule has 248 valence electrons.